The van der Waals surface area contributed by atoms with Crippen LogP contribution in [0.1, 0.15) is 17.5 Å². The van der Waals surface area contributed by atoms with E-state index in [4.69, 9.17) is 9.47 Å². The highest BCUT2D eigenvalue weighted by molar-refractivity contribution is 5.88. The van der Waals surface area contributed by atoms with Gasteiger partial charge in [0.25, 0.3) is 0 Å². The highest BCUT2D eigenvalue weighted by atomic mass is 16.5. The van der Waals surface area contributed by atoms with Gasteiger partial charge in [0.05, 0.1) is 26.7 Å². The van der Waals surface area contributed by atoms with Crippen LogP contribution in [0.15, 0.2) is 42.7 Å². The first kappa shape index (κ1) is 20.6. The number of pyridine rings is 1. The number of hydrogen-bond donors (Lipinski definition) is 2. The van der Waals surface area contributed by atoms with E-state index < -0.39 is 6.04 Å². The fourth-order valence-corrected chi connectivity index (χ4v) is 3.34. The molecule has 1 aromatic heterocycles. The molecule has 0 saturated carbocycles. The molecule has 1 aliphatic heterocycles. The molecule has 1 aromatic carbocycles. The van der Waals surface area contributed by atoms with E-state index in [1.54, 1.807) is 26.6 Å². The van der Waals surface area contributed by atoms with Crippen molar-refractivity contribution in [3.05, 3.63) is 53.9 Å². The van der Waals surface area contributed by atoms with Gasteiger partial charge in [0.1, 0.15) is 0 Å². The van der Waals surface area contributed by atoms with Crippen molar-refractivity contribution in [3.8, 4) is 11.5 Å². The Balaban J connectivity index is 1.64. The second kappa shape index (κ2) is 9.88. The smallest absolute Gasteiger partial charge is 0.237 e. The molecule has 1 atom stereocenters. The molecule has 2 aromatic rings. The van der Waals surface area contributed by atoms with Crippen LogP contribution in [0.25, 0.3) is 0 Å². The van der Waals surface area contributed by atoms with E-state index in [-0.39, 0.29) is 18.2 Å². The van der Waals surface area contributed by atoms with E-state index in [9.17, 15) is 9.59 Å². The number of amides is 2. The summed E-state index contributed by atoms with van der Waals surface area (Å²) >= 11 is 0. The minimum Gasteiger partial charge on any atom is -0.493 e. The van der Waals surface area contributed by atoms with E-state index in [1.807, 2.05) is 35.2 Å². The normalized spacial score (nSPS) is 16.8. The number of carbonyl (C=O) groups excluding carboxylic acids is 2. The van der Waals surface area contributed by atoms with Crippen molar-refractivity contribution in [2.45, 2.75) is 25.6 Å². The van der Waals surface area contributed by atoms with Crippen LogP contribution < -0.4 is 20.1 Å². The number of nitrogens with one attached hydrogen (secondary N) is 2. The lowest BCUT2D eigenvalue weighted by atomic mass is 10.1. The summed E-state index contributed by atoms with van der Waals surface area (Å²) in [6, 6.07) is 8.84. The van der Waals surface area contributed by atoms with Crippen LogP contribution in [-0.2, 0) is 22.7 Å². The second-order valence-electron chi connectivity index (χ2n) is 6.80. The topological polar surface area (TPSA) is 92.8 Å². The summed E-state index contributed by atoms with van der Waals surface area (Å²) in [7, 11) is 3.18. The van der Waals surface area contributed by atoms with Crippen LogP contribution in [0.2, 0.25) is 0 Å². The van der Waals surface area contributed by atoms with Crippen LogP contribution >= 0.6 is 0 Å². The number of piperazine rings is 1. The third-order valence-corrected chi connectivity index (χ3v) is 4.89. The summed E-state index contributed by atoms with van der Waals surface area (Å²) in [4.78, 5) is 30.9. The molecule has 154 valence electrons. The van der Waals surface area contributed by atoms with Crippen LogP contribution in [0, 0.1) is 0 Å². The lowest BCUT2D eigenvalue weighted by Crippen LogP contribution is -2.56. The number of rotatable bonds is 8. The lowest BCUT2D eigenvalue weighted by Gasteiger charge is -2.34. The third-order valence-electron chi connectivity index (χ3n) is 4.89. The van der Waals surface area contributed by atoms with Gasteiger partial charge >= 0.3 is 0 Å². The predicted molar refractivity (Wildman–Crippen MR) is 107 cm³/mol. The van der Waals surface area contributed by atoms with Crippen molar-refractivity contribution >= 4 is 11.8 Å². The second-order valence-corrected chi connectivity index (χ2v) is 6.80. The van der Waals surface area contributed by atoms with Gasteiger partial charge < -0.3 is 20.1 Å². The van der Waals surface area contributed by atoms with Crippen LogP contribution in [0.5, 0.6) is 11.5 Å². The Morgan fingerprint density at radius 3 is 2.66 bits per heavy atom. The molecule has 1 fully saturated rings. The number of nitrogens with zero attached hydrogens (tertiary/aromatic N) is 2. The maximum absolute atomic E-state index is 12.4. The molecule has 3 rings (SSSR count). The van der Waals surface area contributed by atoms with Crippen molar-refractivity contribution in [1.29, 1.82) is 0 Å². The molecule has 2 N–H and O–H groups in total. The largest absolute Gasteiger partial charge is 0.493 e. The van der Waals surface area contributed by atoms with E-state index in [0.717, 1.165) is 11.1 Å². The molecule has 1 aliphatic rings. The van der Waals surface area contributed by atoms with E-state index >= 15 is 0 Å². The number of aromatic nitrogens is 1. The maximum Gasteiger partial charge on any atom is 0.237 e. The lowest BCUT2D eigenvalue weighted by molar-refractivity contribution is -0.134. The first-order chi connectivity index (χ1) is 14.1. The van der Waals surface area contributed by atoms with Crippen LogP contribution in [0.4, 0.5) is 0 Å². The summed E-state index contributed by atoms with van der Waals surface area (Å²) < 4.78 is 10.6. The minimum atomic E-state index is -0.519. The number of carbonyl (C=O) groups is 2. The molecule has 8 heteroatoms. The van der Waals surface area contributed by atoms with Gasteiger partial charge in [-0.25, -0.2) is 0 Å². The Labute approximate surface area is 170 Å². The summed E-state index contributed by atoms with van der Waals surface area (Å²) in [5, 5.41) is 5.73. The zero-order valence-electron chi connectivity index (χ0n) is 16.7. The molecule has 0 spiro atoms. The Hall–Kier alpha value is -3.13. The molecule has 29 heavy (non-hydrogen) atoms. The first-order valence-electron chi connectivity index (χ1n) is 9.49. The summed E-state index contributed by atoms with van der Waals surface area (Å²) in [5.41, 5.74) is 1.95. The maximum atomic E-state index is 12.4. The van der Waals surface area contributed by atoms with Gasteiger partial charge in [0.15, 0.2) is 11.5 Å². The molecule has 0 aliphatic carbocycles. The van der Waals surface area contributed by atoms with Gasteiger partial charge in [-0.2, -0.15) is 0 Å². The quantitative estimate of drug-likeness (QED) is 0.692. The minimum absolute atomic E-state index is 0.101. The Kier molecular flexibility index (Phi) is 7.02. The predicted octanol–water partition coefficient (Wildman–Crippen LogP) is 1.11. The van der Waals surface area contributed by atoms with E-state index in [0.29, 0.717) is 37.7 Å². The number of ether oxygens (including phenoxy) is 2. The van der Waals surface area contributed by atoms with Gasteiger partial charge in [0.2, 0.25) is 11.8 Å². The molecular formula is C21H26N4O4. The molecule has 2 amide bonds. The highest BCUT2D eigenvalue weighted by Gasteiger charge is 2.31. The SMILES string of the molecule is COc1ccc(CN2CCNC(=O)[C@H]2CC(=O)NCc2ccncc2)cc1OC. The summed E-state index contributed by atoms with van der Waals surface area (Å²) in [6.45, 7) is 2.17. The average molecular weight is 398 g/mol. The van der Waals surface area contributed by atoms with Crippen molar-refractivity contribution in [1.82, 2.24) is 20.5 Å². The van der Waals surface area contributed by atoms with Crippen molar-refractivity contribution < 1.29 is 19.1 Å². The van der Waals surface area contributed by atoms with E-state index in [1.165, 1.54) is 0 Å². The standard InChI is InChI=1S/C21H26N4O4/c1-28-18-4-3-16(11-19(18)29-2)14-25-10-9-23-21(27)17(25)12-20(26)24-13-15-5-7-22-8-6-15/h3-8,11,17H,9-10,12-14H2,1-2H3,(H,23,27)(H,24,26)/t17-/m1/s1. The van der Waals surface area contributed by atoms with Gasteiger partial charge in [-0.3, -0.25) is 19.5 Å². The fraction of sp³-hybridized carbons (Fsp3) is 0.381. The first-order valence-corrected chi connectivity index (χ1v) is 9.49. The zero-order chi connectivity index (χ0) is 20.6. The molecule has 0 unspecified atom stereocenters. The average Bonchev–Trinajstić information content (AvgIpc) is 2.75. The van der Waals surface area contributed by atoms with Gasteiger partial charge in [-0.15, -0.1) is 0 Å². The third kappa shape index (κ3) is 5.45. The summed E-state index contributed by atoms with van der Waals surface area (Å²) in [5.74, 6) is 0.995. The highest BCUT2D eigenvalue weighted by Crippen LogP contribution is 2.28. The number of methoxy groups -OCH3 is 2. The fourth-order valence-electron chi connectivity index (χ4n) is 3.34. The van der Waals surface area contributed by atoms with Crippen LogP contribution in [-0.4, -0.2) is 55.0 Å². The van der Waals surface area contributed by atoms with Crippen molar-refractivity contribution in [3.63, 3.8) is 0 Å². The van der Waals surface area contributed by atoms with Crippen molar-refractivity contribution in [2.75, 3.05) is 27.3 Å². The number of benzene rings is 1. The molecule has 1 saturated heterocycles. The monoisotopic (exact) mass is 398 g/mol. The van der Waals surface area contributed by atoms with E-state index in [2.05, 4.69) is 15.6 Å². The molecule has 2 heterocycles. The van der Waals surface area contributed by atoms with Gasteiger partial charge in [-0.1, -0.05) is 6.07 Å². The van der Waals surface area contributed by atoms with Gasteiger partial charge in [0, 0.05) is 38.6 Å². The molecular weight excluding hydrogens is 372 g/mol. The van der Waals surface area contributed by atoms with Crippen LogP contribution in [0.3, 0.4) is 0 Å². The molecule has 8 nitrogen and oxygen atoms in total. The zero-order valence-corrected chi connectivity index (χ0v) is 16.7. The molecule has 0 bridgehead atoms. The Morgan fingerprint density at radius 2 is 1.93 bits per heavy atom. The number of hydrogen-bond acceptors (Lipinski definition) is 6. The van der Waals surface area contributed by atoms with Gasteiger partial charge in [-0.05, 0) is 35.4 Å². The molecule has 0 radical (unpaired) electrons. The Morgan fingerprint density at radius 1 is 1.17 bits per heavy atom. The summed E-state index contributed by atoms with van der Waals surface area (Å²) in [6.07, 6.45) is 3.46. The van der Waals surface area contributed by atoms with Crippen molar-refractivity contribution in [2.24, 2.45) is 0 Å². The Bertz CT molecular complexity index is 844.